The summed E-state index contributed by atoms with van der Waals surface area (Å²) in [6.45, 7) is 2.39. The molecule has 3 aromatic heterocycles. The third kappa shape index (κ3) is 3.45. The van der Waals surface area contributed by atoms with Crippen LogP contribution < -0.4 is 0 Å². The van der Waals surface area contributed by atoms with Crippen LogP contribution in [0.5, 0.6) is 0 Å². The Morgan fingerprint density at radius 1 is 0.446 bits per heavy atom. The highest BCUT2D eigenvalue weighted by atomic mass is 15.0. The SMILES string of the molecule is CC1(c2ccccc2)c2ccccc2-c2ccc(-n3c4ccccc4c4c5c6cccc7c8ccccc8n(c76)c5c5c6cccc(C#N)c6ccc5c43)cc21. The summed E-state index contributed by atoms with van der Waals surface area (Å²) < 4.78 is 5.04. The maximum Gasteiger partial charge on any atom is 0.0998 e. The molecule has 12 aromatic rings. The number of nitriles is 1. The molecule has 0 spiro atoms. The van der Waals surface area contributed by atoms with E-state index in [0.29, 0.717) is 5.56 Å². The van der Waals surface area contributed by atoms with Crippen molar-refractivity contribution >= 4 is 81.4 Å². The molecule has 0 radical (unpaired) electrons. The van der Waals surface area contributed by atoms with Crippen molar-refractivity contribution in [2.75, 3.05) is 0 Å². The molecule has 1 aliphatic carbocycles. The molecule has 3 heteroatoms. The van der Waals surface area contributed by atoms with Gasteiger partial charge in [-0.15, -0.1) is 0 Å². The zero-order valence-corrected chi connectivity index (χ0v) is 30.5. The molecule has 0 N–H and O–H groups in total. The van der Waals surface area contributed by atoms with E-state index in [2.05, 4.69) is 180 Å². The molecule has 0 amide bonds. The zero-order valence-electron chi connectivity index (χ0n) is 30.5. The highest BCUT2D eigenvalue weighted by molar-refractivity contribution is 6.42. The van der Waals surface area contributed by atoms with Crippen LogP contribution in [0.4, 0.5) is 0 Å². The Morgan fingerprint density at radius 2 is 1.09 bits per heavy atom. The lowest BCUT2D eigenvalue weighted by atomic mass is 9.74. The maximum absolute atomic E-state index is 10.3. The number of fused-ring (bicyclic) bond motifs is 18. The molecular formula is C53H31N3. The van der Waals surface area contributed by atoms with Crippen molar-refractivity contribution in [2.24, 2.45) is 0 Å². The molecule has 1 aliphatic rings. The van der Waals surface area contributed by atoms with Crippen LogP contribution in [0.15, 0.2) is 170 Å². The predicted octanol–water partition coefficient (Wildman–Crippen LogP) is 13.4. The van der Waals surface area contributed by atoms with Crippen molar-refractivity contribution in [3.05, 3.63) is 192 Å². The summed E-state index contributed by atoms with van der Waals surface area (Å²) in [5.74, 6) is 0. The summed E-state index contributed by atoms with van der Waals surface area (Å²) in [6.07, 6.45) is 0. The Bertz CT molecular complexity index is 3730. The van der Waals surface area contributed by atoms with E-state index in [4.69, 9.17) is 0 Å². The van der Waals surface area contributed by atoms with Crippen molar-refractivity contribution in [3.8, 4) is 22.9 Å². The lowest BCUT2D eigenvalue weighted by molar-refractivity contribution is 0.713. The van der Waals surface area contributed by atoms with Gasteiger partial charge >= 0.3 is 0 Å². The molecule has 13 rings (SSSR count). The zero-order chi connectivity index (χ0) is 36.9. The van der Waals surface area contributed by atoms with Gasteiger partial charge in [-0.2, -0.15) is 5.26 Å². The molecule has 9 aromatic carbocycles. The fourth-order valence-electron chi connectivity index (χ4n) is 10.8. The molecule has 3 nitrogen and oxygen atoms in total. The Morgan fingerprint density at radius 3 is 1.96 bits per heavy atom. The molecule has 258 valence electrons. The van der Waals surface area contributed by atoms with Crippen LogP contribution in [0.2, 0.25) is 0 Å². The van der Waals surface area contributed by atoms with Crippen LogP contribution >= 0.6 is 0 Å². The maximum atomic E-state index is 10.3. The Balaban J connectivity index is 1.27. The van der Waals surface area contributed by atoms with Crippen molar-refractivity contribution in [1.82, 2.24) is 8.97 Å². The van der Waals surface area contributed by atoms with E-state index in [1.807, 2.05) is 12.1 Å². The highest BCUT2D eigenvalue weighted by Crippen LogP contribution is 2.54. The molecular weight excluding hydrogens is 679 g/mol. The first kappa shape index (κ1) is 30.0. The predicted molar refractivity (Wildman–Crippen MR) is 233 cm³/mol. The summed E-state index contributed by atoms with van der Waals surface area (Å²) in [6, 6.07) is 64.7. The van der Waals surface area contributed by atoms with Crippen LogP contribution in [0.25, 0.3) is 98.3 Å². The number of hydrogen-bond donors (Lipinski definition) is 0. The van der Waals surface area contributed by atoms with Crippen molar-refractivity contribution in [2.45, 2.75) is 12.3 Å². The molecule has 0 saturated carbocycles. The van der Waals surface area contributed by atoms with Crippen LogP contribution in [0, 0.1) is 11.3 Å². The van der Waals surface area contributed by atoms with E-state index < -0.39 is 0 Å². The van der Waals surface area contributed by atoms with Crippen LogP contribution in [-0.4, -0.2) is 8.97 Å². The van der Waals surface area contributed by atoms with E-state index >= 15 is 0 Å². The van der Waals surface area contributed by atoms with E-state index in [9.17, 15) is 5.26 Å². The fourth-order valence-corrected chi connectivity index (χ4v) is 10.8. The molecule has 0 bridgehead atoms. The van der Waals surface area contributed by atoms with E-state index in [1.165, 1.54) is 98.5 Å². The second-order valence-corrected chi connectivity index (χ2v) is 15.6. The van der Waals surface area contributed by atoms with Gasteiger partial charge in [0, 0.05) is 59.6 Å². The van der Waals surface area contributed by atoms with Gasteiger partial charge in [0.15, 0.2) is 0 Å². The number of hydrogen-bond acceptors (Lipinski definition) is 1. The first-order chi connectivity index (χ1) is 27.7. The largest absolute Gasteiger partial charge is 0.309 e. The Hall–Kier alpha value is -7.41. The summed E-state index contributed by atoms with van der Waals surface area (Å²) in [5, 5.41) is 22.3. The van der Waals surface area contributed by atoms with Gasteiger partial charge in [-0.25, -0.2) is 0 Å². The monoisotopic (exact) mass is 709 g/mol. The van der Waals surface area contributed by atoms with Gasteiger partial charge in [0.1, 0.15) is 0 Å². The number of aromatic nitrogens is 2. The summed E-state index contributed by atoms with van der Waals surface area (Å²) in [5.41, 5.74) is 14.0. The third-order valence-electron chi connectivity index (χ3n) is 13.1. The van der Waals surface area contributed by atoms with E-state index in [0.717, 1.165) is 16.5 Å². The second kappa shape index (κ2) is 10.4. The van der Waals surface area contributed by atoms with Gasteiger partial charge in [0.25, 0.3) is 0 Å². The average molecular weight is 710 g/mol. The van der Waals surface area contributed by atoms with Crippen LogP contribution in [-0.2, 0) is 5.41 Å². The first-order valence-electron chi connectivity index (χ1n) is 19.3. The quantitative estimate of drug-likeness (QED) is 0.165. The average Bonchev–Trinajstić information content (AvgIpc) is 3.97. The van der Waals surface area contributed by atoms with Gasteiger partial charge in [-0.3, -0.25) is 0 Å². The van der Waals surface area contributed by atoms with Crippen molar-refractivity contribution < 1.29 is 0 Å². The topological polar surface area (TPSA) is 33.1 Å². The molecule has 0 saturated heterocycles. The summed E-state index contributed by atoms with van der Waals surface area (Å²) in [4.78, 5) is 0. The van der Waals surface area contributed by atoms with Gasteiger partial charge in [-0.1, -0.05) is 140 Å². The molecule has 0 aliphatic heterocycles. The number of para-hydroxylation sites is 3. The molecule has 1 atom stereocenters. The summed E-state index contributed by atoms with van der Waals surface area (Å²) >= 11 is 0. The Labute approximate surface area is 321 Å². The standard InChI is InChI=1S/C53H31N3/c1-53(32-14-3-2-4-15-32)43-22-8-5-16-35(43)36-26-25-33(29-44(36)53)55-46-24-10-7-18-40(46)48-49-41-21-12-20-39-37-17-6-9-23-45(37)56(50(39)41)52(49)47-38-19-11-13-31(30-54)34(38)27-28-42(47)51(48)55/h2-29H,1H3. The molecule has 1 unspecified atom stereocenters. The molecule has 0 fully saturated rings. The normalized spacial score (nSPS) is 15.3. The van der Waals surface area contributed by atoms with Gasteiger partial charge in [0.05, 0.1) is 39.2 Å². The fraction of sp³-hybridized carbons (Fsp3) is 0.0377. The van der Waals surface area contributed by atoms with Gasteiger partial charge < -0.3 is 8.97 Å². The minimum Gasteiger partial charge on any atom is -0.309 e. The van der Waals surface area contributed by atoms with Crippen molar-refractivity contribution in [3.63, 3.8) is 0 Å². The Kier molecular flexibility index (Phi) is 5.58. The minimum atomic E-state index is -0.324. The molecule has 56 heavy (non-hydrogen) atoms. The lowest BCUT2D eigenvalue weighted by Crippen LogP contribution is -2.22. The lowest BCUT2D eigenvalue weighted by Gasteiger charge is -2.28. The van der Waals surface area contributed by atoms with Gasteiger partial charge in [0.2, 0.25) is 0 Å². The first-order valence-corrected chi connectivity index (χ1v) is 19.3. The van der Waals surface area contributed by atoms with Crippen LogP contribution in [0.3, 0.4) is 0 Å². The number of rotatable bonds is 2. The highest BCUT2D eigenvalue weighted by Gasteiger charge is 2.41. The minimum absolute atomic E-state index is 0.324. The van der Waals surface area contributed by atoms with Crippen LogP contribution in [0.1, 0.15) is 29.2 Å². The number of benzene rings is 9. The van der Waals surface area contributed by atoms with E-state index in [-0.39, 0.29) is 5.41 Å². The second-order valence-electron chi connectivity index (χ2n) is 15.6. The smallest absolute Gasteiger partial charge is 0.0998 e. The van der Waals surface area contributed by atoms with Gasteiger partial charge in [-0.05, 0) is 70.5 Å². The van der Waals surface area contributed by atoms with E-state index in [1.54, 1.807) is 0 Å². The number of nitrogens with zero attached hydrogens (tertiary/aromatic N) is 3. The summed E-state index contributed by atoms with van der Waals surface area (Å²) in [7, 11) is 0. The van der Waals surface area contributed by atoms with Crippen molar-refractivity contribution in [1.29, 1.82) is 5.26 Å². The third-order valence-corrected chi connectivity index (χ3v) is 13.1. The molecule has 3 heterocycles.